The van der Waals surface area contributed by atoms with Crippen LogP contribution in [0.3, 0.4) is 0 Å². The smallest absolute Gasteiger partial charge is 0.255 e. The predicted octanol–water partition coefficient (Wildman–Crippen LogP) is 1.17. The molecule has 0 fully saturated rings. The van der Waals surface area contributed by atoms with Crippen molar-refractivity contribution in [3.63, 3.8) is 0 Å². The minimum absolute atomic E-state index is 0.268. The van der Waals surface area contributed by atoms with Gasteiger partial charge in [-0.2, -0.15) is 5.26 Å². The average molecular weight is 267 g/mol. The number of nitriles is 1. The van der Waals surface area contributed by atoms with Gasteiger partial charge in [0.15, 0.2) is 5.82 Å². The molecule has 100 valence electrons. The fourth-order valence-electron chi connectivity index (χ4n) is 1.68. The third-order valence-corrected chi connectivity index (χ3v) is 2.73. The van der Waals surface area contributed by atoms with Crippen molar-refractivity contribution in [2.24, 2.45) is 5.84 Å². The van der Waals surface area contributed by atoms with E-state index in [2.05, 4.69) is 15.7 Å². The van der Waals surface area contributed by atoms with Crippen molar-refractivity contribution in [2.45, 2.75) is 6.54 Å². The molecule has 0 spiro atoms. The van der Waals surface area contributed by atoms with Crippen LogP contribution in [0.25, 0.3) is 0 Å². The molecule has 0 aliphatic heterocycles. The minimum Gasteiger partial charge on any atom is -0.348 e. The molecule has 1 aromatic heterocycles. The molecule has 0 atom stereocenters. The summed E-state index contributed by atoms with van der Waals surface area (Å²) in [7, 11) is 0. The maximum atomic E-state index is 12.0. The maximum Gasteiger partial charge on any atom is 0.255 e. The molecule has 2 aromatic rings. The van der Waals surface area contributed by atoms with Crippen LogP contribution in [-0.4, -0.2) is 10.9 Å². The Bertz CT molecular complexity index is 645. The second kappa shape index (κ2) is 6.31. The highest BCUT2D eigenvalue weighted by Crippen LogP contribution is 2.10. The molecule has 0 aliphatic carbocycles. The van der Waals surface area contributed by atoms with Gasteiger partial charge in [0.1, 0.15) is 0 Å². The molecule has 0 radical (unpaired) electrons. The number of carbonyl (C=O) groups is 1. The number of amides is 1. The molecule has 0 unspecified atom stereocenters. The zero-order valence-corrected chi connectivity index (χ0v) is 10.6. The van der Waals surface area contributed by atoms with E-state index >= 15 is 0 Å². The summed E-state index contributed by atoms with van der Waals surface area (Å²) in [5.41, 5.74) is 4.25. The number of nitrogens with one attached hydrogen (secondary N) is 2. The summed E-state index contributed by atoms with van der Waals surface area (Å²) in [6.07, 6.45) is 1.55. The van der Waals surface area contributed by atoms with E-state index in [0.717, 1.165) is 5.56 Å². The zero-order valence-electron chi connectivity index (χ0n) is 10.6. The van der Waals surface area contributed by atoms with Crippen LogP contribution in [0.15, 0.2) is 42.6 Å². The zero-order chi connectivity index (χ0) is 14.4. The Morgan fingerprint density at radius 1 is 1.30 bits per heavy atom. The number of hydrogen-bond donors (Lipinski definition) is 3. The molecule has 1 aromatic carbocycles. The number of hydrogen-bond acceptors (Lipinski definition) is 5. The number of nitrogens with zero attached hydrogens (tertiary/aromatic N) is 2. The highest BCUT2D eigenvalue weighted by Gasteiger charge is 2.10. The lowest BCUT2D eigenvalue weighted by Crippen LogP contribution is -2.25. The van der Waals surface area contributed by atoms with E-state index in [0.29, 0.717) is 23.5 Å². The highest BCUT2D eigenvalue weighted by molar-refractivity contribution is 5.98. The molecule has 6 heteroatoms. The standard InChI is InChI=1S/C14H13N5O/c15-8-10-3-5-11(6-4-10)9-18-14(20)12-2-1-7-17-13(12)19-16/h1-7H,9,16H2,(H,17,19)(H,18,20). The van der Waals surface area contributed by atoms with Crippen molar-refractivity contribution in [3.8, 4) is 6.07 Å². The second-order valence-corrected chi connectivity index (χ2v) is 4.04. The lowest BCUT2D eigenvalue weighted by molar-refractivity contribution is 0.0951. The first-order chi connectivity index (χ1) is 9.74. The molecular formula is C14H13N5O. The van der Waals surface area contributed by atoms with Crippen LogP contribution in [0.5, 0.6) is 0 Å². The van der Waals surface area contributed by atoms with Gasteiger partial charge < -0.3 is 10.7 Å². The van der Waals surface area contributed by atoms with Crippen molar-refractivity contribution < 1.29 is 4.79 Å². The molecule has 0 saturated heterocycles. The van der Waals surface area contributed by atoms with Gasteiger partial charge in [-0.25, -0.2) is 10.8 Å². The normalized spacial score (nSPS) is 9.60. The van der Waals surface area contributed by atoms with Crippen LogP contribution in [-0.2, 0) is 6.54 Å². The van der Waals surface area contributed by atoms with E-state index in [1.54, 1.807) is 42.6 Å². The summed E-state index contributed by atoms with van der Waals surface area (Å²) in [6.45, 7) is 0.365. The Morgan fingerprint density at radius 2 is 2.05 bits per heavy atom. The largest absolute Gasteiger partial charge is 0.348 e. The first kappa shape index (κ1) is 13.5. The molecule has 20 heavy (non-hydrogen) atoms. The number of nitrogens with two attached hydrogens (primary N) is 1. The number of hydrazine groups is 1. The topological polar surface area (TPSA) is 104 Å². The summed E-state index contributed by atoms with van der Waals surface area (Å²) in [6, 6.07) is 12.3. The van der Waals surface area contributed by atoms with Crippen LogP contribution in [0, 0.1) is 11.3 Å². The van der Waals surface area contributed by atoms with Crippen molar-refractivity contribution in [1.82, 2.24) is 10.3 Å². The highest BCUT2D eigenvalue weighted by atomic mass is 16.1. The summed E-state index contributed by atoms with van der Waals surface area (Å²) >= 11 is 0. The number of benzene rings is 1. The van der Waals surface area contributed by atoms with E-state index in [4.69, 9.17) is 11.1 Å². The van der Waals surface area contributed by atoms with E-state index in [1.807, 2.05) is 6.07 Å². The Balaban J connectivity index is 2.03. The Labute approximate surface area is 116 Å². The van der Waals surface area contributed by atoms with E-state index < -0.39 is 0 Å². The molecule has 0 aliphatic rings. The summed E-state index contributed by atoms with van der Waals surface area (Å²) in [5.74, 6) is 5.36. The SMILES string of the molecule is N#Cc1ccc(CNC(=O)c2cccnc2NN)cc1. The third kappa shape index (κ3) is 3.10. The van der Waals surface area contributed by atoms with Gasteiger partial charge >= 0.3 is 0 Å². The van der Waals surface area contributed by atoms with Gasteiger partial charge in [0, 0.05) is 12.7 Å². The van der Waals surface area contributed by atoms with Gasteiger partial charge in [0.05, 0.1) is 17.2 Å². The number of rotatable bonds is 4. The van der Waals surface area contributed by atoms with Crippen LogP contribution in [0.4, 0.5) is 5.82 Å². The molecular weight excluding hydrogens is 254 g/mol. The lowest BCUT2D eigenvalue weighted by Gasteiger charge is -2.08. The Hall–Kier alpha value is -2.91. The fraction of sp³-hybridized carbons (Fsp3) is 0.0714. The predicted molar refractivity (Wildman–Crippen MR) is 74.4 cm³/mol. The summed E-state index contributed by atoms with van der Waals surface area (Å²) in [4.78, 5) is 16.0. The van der Waals surface area contributed by atoms with E-state index in [-0.39, 0.29) is 5.91 Å². The Morgan fingerprint density at radius 3 is 2.70 bits per heavy atom. The van der Waals surface area contributed by atoms with Crippen molar-refractivity contribution in [3.05, 3.63) is 59.3 Å². The van der Waals surface area contributed by atoms with Crippen molar-refractivity contribution in [1.29, 1.82) is 5.26 Å². The van der Waals surface area contributed by atoms with Gasteiger partial charge in [-0.3, -0.25) is 4.79 Å². The lowest BCUT2D eigenvalue weighted by atomic mass is 10.1. The molecule has 6 nitrogen and oxygen atoms in total. The van der Waals surface area contributed by atoms with Crippen LogP contribution >= 0.6 is 0 Å². The summed E-state index contributed by atoms with van der Waals surface area (Å²) < 4.78 is 0. The van der Waals surface area contributed by atoms with Crippen LogP contribution in [0.2, 0.25) is 0 Å². The summed E-state index contributed by atoms with van der Waals surface area (Å²) in [5, 5.41) is 11.5. The Kier molecular flexibility index (Phi) is 4.27. The van der Waals surface area contributed by atoms with Gasteiger partial charge in [0.2, 0.25) is 0 Å². The van der Waals surface area contributed by atoms with Crippen LogP contribution in [0.1, 0.15) is 21.5 Å². The molecule has 2 rings (SSSR count). The van der Waals surface area contributed by atoms with E-state index in [9.17, 15) is 4.79 Å². The first-order valence-electron chi connectivity index (χ1n) is 5.93. The number of carbonyl (C=O) groups excluding carboxylic acids is 1. The average Bonchev–Trinajstić information content (AvgIpc) is 2.53. The quantitative estimate of drug-likeness (QED) is 0.570. The molecule has 1 amide bonds. The minimum atomic E-state index is -0.268. The molecule has 1 heterocycles. The maximum absolute atomic E-state index is 12.0. The number of nitrogen functional groups attached to an aromatic ring is 1. The second-order valence-electron chi connectivity index (χ2n) is 4.04. The third-order valence-electron chi connectivity index (χ3n) is 2.73. The van der Waals surface area contributed by atoms with Gasteiger partial charge in [-0.05, 0) is 29.8 Å². The van der Waals surface area contributed by atoms with Crippen LogP contribution < -0.4 is 16.6 Å². The molecule has 0 saturated carbocycles. The van der Waals surface area contributed by atoms with Crippen molar-refractivity contribution in [2.75, 3.05) is 5.43 Å². The number of aromatic nitrogens is 1. The van der Waals surface area contributed by atoms with Gasteiger partial charge in [-0.1, -0.05) is 12.1 Å². The van der Waals surface area contributed by atoms with Gasteiger partial charge in [0.25, 0.3) is 5.91 Å². The number of anilines is 1. The monoisotopic (exact) mass is 267 g/mol. The van der Waals surface area contributed by atoms with Crippen molar-refractivity contribution >= 4 is 11.7 Å². The first-order valence-corrected chi connectivity index (χ1v) is 5.93. The molecule has 0 bridgehead atoms. The molecule has 4 N–H and O–H groups in total. The fourth-order valence-corrected chi connectivity index (χ4v) is 1.68. The number of pyridine rings is 1. The van der Waals surface area contributed by atoms with Gasteiger partial charge in [-0.15, -0.1) is 0 Å². The van der Waals surface area contributed by atoms with E-state index in [1.165, 1.54) is 0 Å².